The first kappa shape index (κ1) is 27.8. The quantitative estimate of drug-likeness (QED) is 0.196. The van der Waals surface area contributed by atoms with E-state index in [0.29, 0.717) is 17.9 Å². The molecule has 0 aliphatic rings. The van der Waals surface area contributed by atoms with E-state index in [9.17, 15) is 15.0 Å². The van der Waals surface area contributed by atoms with Crippen LogP contribution in [0.25, 0.3) is 0 Å². The van der Waals surface area contributed by atoms with Gasteiger partial charge in [-0.25, -0.2) is 0 Å². The van der Waals surface area contributed by atoms with Crippen LogP contribution < -0.4 is 5.73 Å². The second-order valence-corrected chi connectivity index (χ2v) is 9.78. The number of phenolic OH excluding ortho intramolecular Hbond substituents is 2. The molecule has 0 aromatic heterocycles. The Bertz CT molecular complexity index is 768. The molecule has 1 amide bonds. The first-order valence-corrected chi connectivity index (χ1v) is 13.4. The zero-order valence-electron chi connectivity index (χ0n) is 21.1. The maximum absolute atomic E-state index is 10.8. The number of nitrogens with two attached hydrogens (primary N) is 1. The molecule has 0 unspecified atom stereocenters. The van der Waals surface area contributed by atoms with E-state index < -0.39 is 0 Å². The van der Waals surface area contributed by atoms with Gasteiger partial charge in [0, 0.05) is 11.8 Å². The number of unbranched alkanes of at least 4 members (excludes halogenated alkanes) is 10. The van der Waals surface area contributed by atoms with E-state index in [0.717, 1.165) is 32.1 Å². The second kappa shape index (κ2) is 15.4. The average Bonchev–Trinajstić information content (AvgIpc) is 2.82. The van der Waals surface area contributed by atoms with E-state index >= 15 is 0 Å². The third-order valence-corrected chi connectivity index (χ3v) is 7.07. The highest BCUT2D eigenvalue weighted by molar-refractivity contribution is 5.73. The minimum Gasteiger partial charge on any atom is -0.508 e. The standard InChI is InChI=1S/C30H45NO3/c1-2-3-4-12-23-30(25-15-19-27(32)20-16-25,26-17-21-28(33)22-18-26)24-13-10-8-6-5-7-9-11-14-29(31)34/h15-22,32-33H,2-14,23-24H2,1H3,(H2,31,34). The van der Waals surface area contributed by atoms with Gasteiger partial charge < -0.3 is 15.9 Å². The molecule has 2 rings (SSSR count). The fourth-order valence-electron chi connectivity index (χ4n) is 5.07. The van der Waals surface area contributed by atoms with E-state index in [1.54, 1.807) is 24.3 Å². The Morgan fingerprint density at radius 3 is 1.44 bits per heavy atom. The number of carbonyl (C=O) groups is 1. The van der Waals surface area contributed by atoms with Crippen LogP contribution in [0.4, 0.5) is 0 Å². The molecule has 0 aliphatic carbocycles. The van der Waals surface area contributed by atoms with Gasteiger partial charge in [0.1, 0.15) is 11.5 Å². The zero-order valence-corrected chi connectivity index (χ0v) is 21.1. The molecule has 4 N–H and O–H groups in total. The van der Waals surface area contributed by atoms with Crippen LogP contribution in [0.1, 0.15) is 114 Å². The fraction of sp³-hybridized carbons (Fsp3) is 0.567. The number of amides is 1. The van der Waals surface area contributed by atoms with E-state index in [-0.39, 0.29) is 11.3 Å². The van der Waals surface area contributed by atoms with Gasteiger partial charge in [-0.05, 0) is 54.7 Å². The summed E-state index contributed by atoms with van der Waals surface area (Å²) in [5.41, 5.74) is 7.60. The molecule has 4 heteroatoms. The summed E-state index contributed by atoms with van der Waals surface area (Å²) >= 11 is 0. The lowest BCUT2D eigenvalue weighted by molar-refractivity contribution is -0.118. The smallest absolute Gasteiger partial charge is 0.217 e. The summed E-state index contributed by atoms with van der Waals surface area (Å²) in [6.45, 7) is 2.24. The molecule has 2 aromatic rings. The molecule has 0 atom stereocenters. The van der Waals surface area contributed by atoms with E-state index in [1.165, 1.54) is 68.9 Å². The van der Waals surface area contributed by atoms with Gasteiger partial charge in [0.2, 0.25) is 5.91 Å². The Labute approximate surface area is 206 Å². The molecule has 0 saturated carbocycles. The summed E-state index contributed by atoms with van der Waals surface area (Å²) in [5.74, 6) is 0.399. The highest BCUT2D eigenvalue weighted by atomic mass is 16.3. The summed E-state index contributed by atoms with van der Waals surface area (Å²) in [7, 11) is 0. The van der Waals surface area contributed by atoms with Crippen LogP contribution in [0.15, 0.2) is 48.5 Å². The summed E-state index contributed by atoms with van der Waals surface area (Å²) in [6.07, 6.45) is 16.7. The largest absolute Gasteiger partial charge is 0.508 e. The van der Waals surface area contributed by atoms with Crippen molar-refractivity contribution in [1.29, 1.82) is 0 Å². The minimum atomic E-state index is -0.194. The van der Waals surface area contributed by atoms with Gasteiger partial charge in [0.15, 0.2) is 0 Å². The monoisotopic (exact) mass is 467 g/mol. The van der Waals surface area contributed by atoms with Crippen molar-refractivity contribution < 1.29 is 15.0 Å². The SMILES string of the molecule is CCCCCCC(CCCCCCCCCCC(N)=O)(c1ccc(O)cc1)c1ccc(O)cc1. The van der Waals surface area contributed by atoms with Crippen molar-refractivity contribution in [3.05, 3.63) is 59.7 Å². The molecular weight excluding hydrogens is 422 g/mol. The summed E-state index contributed by atoms with van der Waals surface area (Å²) in [4.78, 5) is 10.8. The van der Waals surface area contributed by atoms with Gasteiger partial charge in [0.05, 0.1) is 0 Å². The maximum Gasteiger partial charge on any atom is 0.217 e. The Hall–Kier alpha value is -2.49. The lowest BCUT2D eigenvalue weighted by Gasteiger charge is -2.36. The van der Waals surface area contributed by atoms with Gasteiger partial charge in [0.25, 0.3) is 0 Å². The van der Waals surface area contributed by atoms with Gasteiger partial charge in [-0.15, -0.1) is 0 Å². The zero-order chi connectivity index (χ0) is 24.7. The molecule has 0 radical (unpaired) electrons. The molecule has 0 aliphatic heterocycles. The maximum atomic E-state index is 10.8. The Morgan fingerprint density at radius 2 is 1.03 bits per heavy atom. The number of primary amides is 1. The van der Waals surface area contributed by atoms with Crippen LogP contribution in [-0.2, 0) is 10.2 Å². The molecule has 0 fully saturated rings. The lowest BCUT2D eigenvalue weighted by atomic mass is 9.68. The molecule has 0 bridgehead atoms. The number of hydrogen-bond acceptors (Lipinski definition) is 3. The third kappa shape index (κ3) is 9.40. The first-order valence-electron chi connectivity index (χ1n) is 13.4. The van der Waals surface area contributed by atoms with Gasteiger partial charge in [-0.1, -0.05) is 102 Å². The predicted octanol–water partition coefficient (Wildman–Crippen LogP) is 7.74. The molecule has 0 spiro atoms. The number of benzene rings is 2. The average molecular weight is 468 g/mol. The molecule has 188 valence electrons. The molecule has 4 nitrogen and oxygen atoms in total. The van der Waals surface area contributed by atoms with Crippen LogP contribution in [0.5, 0.6) is 11.5 Å². The molecule has 0 heterocycles. The van der Waals surface area contributed by atoms with Crippen LogP contribution in [0.3, 0.4) is 0 Å². The summed E-state index contributed by atoms with van der Waals surface area (Å²) < 4.78 is 0. The van der Waals surface area contributed by atoms with Crippen LogP contribution in [0, 0.1) is 0 Å². The van der Waals surface area contributed by atoms with Crippen molar-refractivity contribution in [2.45, 2.75) is 109 Å². The van der Waals surface area contributed by atoms with Gasteiger partial charge >= 0.3 is 0 Å². The second-order valence-electron chi connectivity index (χ2n) is 9.78. The number of hydrogen-bond donors (Lipinski definition) is 3. The van der Waals surface area contributed by atoms with Crippen molar-refractivity contribution >= 4 is 5.91 Å². The van der Waals surface area contributed by atoms with Crippen LogP contribution in [-0.4, -0.2) is 16.1 Å². The van der Waals surface area contributed by atoms with Gasteiger partial charge in [-0.3, -0.25) is 4.79 Å². The van der Waals surface area contributed by atoms with Crippen molar-refractivity contribution in [3.8, 4) is 11.5 Å². The molecule has 2 aromatic carbocycles. The van der Waals surface area contributed by atoms with Crippen LogP contribution >= 0.6 is 0 Å². The van der Waals surface area contributed by atoms with Crippen molar-refractivity contribution in [2.75, 3.05) is 0 Å². The summed E-state index contributed by atoms with van der Waals surface area (Å²) in [5, 5.41) is 19.8. The van der Waals surface area contributed by atoms with E-state index in [1.807, 2.05) is 0 Å². The fourth-order valence-corrected chi connectivity index (χ4v) is 5.07. The first-order chi connectivity index (χ1) is 16.5. The summed E-state index contributed by atoms with van der Waals surface area (Å²) in [6, 6.07) is 15.5. The normalized spacial score (nSPS) is 11.6. The number of rotatable bonds is 18. The molecular formula is C30H45NO3. The Kier molecular flexibility index (Phi) is 12.6. The Balaban J connectivity index is 2.03. The molecule has 0 saturated heterocycles. The third-order valence-electron chi connectivity index (χ3n) is 7.07. The lowest BCUT2D eigenvalue weighted by Crippen LogP contribution is -2.28. The van der Waals surface area contributed by atoms with E-state index in [2.05, 4.69) is 31.2 Å². The van der Waals surface area contributed by atoms with E-state index in [4.69, 9.17) is 5.73 Å². The van der Waals surface area contributed by atoms with Crippen molar-refractivity contribution in [3.63, 3.8) is 0 Å². The number of carbonyl (C=O) groups excluding carboxylic acids is 1. The predicted molar refractivity (Wildman–Crippen MR) is 141 cm³/mol. The highest BCUT2D eigenvalue weighted by Crippen LogP contribution is 2.43. The van der Waals surface area contributed by atoms with Crippen molar-refractivity contribution in [2.24, 2.45) is 5.73 Å². The van der Waals surface area contributed by atoms with Gasteiger partial charge in [-0.2, -0.15) is 0 Å². The Morgan fingerprint density at radius 1 is 0.647 bits per heavy atom. The topological polar surface area (TPSA) is 83.6 Å². The van der Waals surface area contributed by atoms with Crippen molar-refractivity contribution in [1.82, 2.24) is 0 Å². The van der Waals surface area contributed by atoms with Crippen LogP contribution in [0.2, 0.25) is 0 Å². The highest BCUT2D eigenvalue weighted by Gasteiger charge is 2.33. The number of phenols is 2. The number of aromatic hydroxyl groups is 2. The minimum absolute atomic E-state index is 0.107. The molecule has 34 heavy (non-hydrogen) atoms.